The van der Waals surface area contributed by atoms with Gasteiger partial charge in [0.25, 0.3) is 0 Å². The third-order valence-electron chi connectivity index (χ3n) is 7.97. The zero-order chi connectivity index (χ0) is 25.8. The molecule has 196 valence electrons. The number of likely N-dealkylation sites (tertiary alicyclic amines) is 1. The van der Waals surface area contributed by atoms with Crippen molar-refractivity contribution in [3.63, 3.8) is 0 Å². The molecular formula is C30H36N8. The second-order valence-corrected chi connectivity index (χ2v) is 10.5. The quantitative estimate of drug-likeness (QED) is 0.387. The van der Waals surface area contributed by atoms with Gasteiger partial charge in [0.15, 0.2) is 11.6 Å². The Bertz CT molecular complexity index is 1310. The zero-order valence-electron chi connectivity index (χ0n) is 22.1. The highest BCUT2D eigenvalue weighted by molar-refractivity contribution is 5.55. The Hall–Kier alpha value is -3.75. The maximum absolute atomic E-state index is 4.98. The number of hydrogen-bond acceptors (Lipinski definition) is 7. The molecule has 2 fully saturated rings. The fraction of sp³-hybridized carbons (Fsp3) is 0.367. The van der Waals surface area contributed by atoms with Crippen LogP contribution in [0.4, 0.5) is 11.4 Å². The second-order valence-electron chi connectivity index (χ2n) is 10.5. The molecule has 6 rings (SSSR count). The highest BCUT2D eigenvalue weighted by Gasteiger charge is 2.39. The van der Waals surface area contributed by atoms with Crippen molar-refractivity contribution in [2.24, 2.45) is 0 Å². The van der Waals surface area contributed by atoms with Crippen molar-refractivity contribution in [3.8, 4) is 11.4 Å². The van der Waals surface area contributed by atoms with Crippen LogP contribution in [0.3, 0.4) is 0 Å². The fourth-order valence-corrected chi connectivity index (χ4v) is 5.66. The second kappa shape index (κ2) is 10.9. The number of H-pyrrole nitrogens is 1. The smallest absolute Gasteiger partial charge is 0.181 e. The number of likely N-dealkylation sites (N-methyl/N-ethyl adjacent to an activating group) is 1. The Kier molecular flexibility index (Phi) is 7.07. The number of aromatic nitrogens is 4. The number of pyridine rings is 1. The summed E-state index contributed by atoms with van der Waals surface area (Å²) in [6, 6.07) is 23.3. The molecule has 0 radical (unpaired) electrons. The van der Waals surface area contributed by atoms with E-state index in [2.05, 4.69) is 90.8 Å². The Morgan fingerprint density at radius 1 is 0.842 bits per heavy atom. The third-order valence-corrected chi connectivity index (χ3v) is 7.97. The third kappa shape index (κ3) is 5.28. The standard InChI is InChI=1S/C30H36N8/c1-36-19-21-38(22-20-36)27-10-6-5-7-25(27)23-37-17-13-30(14-18-37,33-26-8-3-2-4-9-26)29-32-28(34-35-29)24-11-15-31-16-12-24/h2-12,15-16,33H,13-14,17-23H2,1H3,(H,32,34,35). The lowest BCUT2D eigenvalue weighted by Crippen LogP contribution is -2.48. The largest absolute Gasteiger partial charge is 0.373 e. The summed E-state index contributed by atoms with van der Waals surface area (Å²) in [5.74, 6) is 1.60. The Morgan fingerprint density at radius 2 is 1.55 bits per heavy atom. The molecule has 8 nitrogen and oxygen atoms in total. The molecule has 38 heavy (non-hydrogen) atoms. The number of benzene rings is 2. The first kappa shape index (κ1) is 24.6. The number of piperidine rings is 1. The van der Waals surface area contributed by atoms with Crippen molar-refractivity contribution in [1.82, 2.24) is 30.0 Å². The van der Waals surface area contributed by atoms with Crippen molar-refractivity contribution in [3.05, 3.63) is 90.5 Å². The number of anilines is 2. The van der Waals surface area contributed by atoms with Gasteiger partial charge in [-0.3, -0.25) is 15.0 Å². The average Bonchev–Trinajstić information content (AvgIpc) is 3.48. The number of rotatable bonds is 7. The summed E-state index contributed by atoms with van der Waals surface area (Å²) in [4.78, 5) is 16.7. The number of piperazine rings is 1. The minimum absolute atomic E-state index is 0.312. The van der Waals surface area contributed by atoms with Crippen LogP contribution in [-0.2, 0) is 12.1 Å². The van der Waals surface area contributed by atoms with Crippen LogP contribution in [0.15, 0.2) is 79.1 Å². The fourth-order valence-electron chi connectivity index (χ4n) is 5.66. The molecule has 0 atom stereocenters. The molecule has 4 heterocycles. The SMILES string of the molecule is CN1CCN(c2ccccc2CN2CCC(Nc3ccccc3)(c3nc(-c4ccncc4)n[nH]3)CC2)CC1. The molecule has 0 amide bonds. The molecule has 2 aromatic heterocycles. The zero-order valence-corrected chi connectivity index (χ0v) is 22.1. The van der Waals surface area contributed by atoms with E-state index in [9.17, 15) is 0 Å². The lowest BCUT2D eigenvalue weighted by Gasteiger charge is -2.42. The first-order chi connectivity index (χ1) is 18.7. The number of nitrogens with zero attached hydrogens (tertiary/aromatic N) is 6. The van der Waals surface area contributed by atoms with Crippen molar-refractivity contribution in [1.29, 1.82) is 0 Å². The van der Waals surface area contributed by atoms with Gasteiger partial charge in [0.2, 0.25) is 0 Å². The first-order valence-electron chi connectivity index (χ1n) is 13.6. The minimum atomic E-state index is -0.312. The van der Waals surface area contributed by atoms with Crippen LogP contribution in [0.25, 0.3) is 11.4 Å². The summed E-state index contributed by atoms with van der Waals surface area (Å²) in [7, 11) is 2.21. The topological polar surface area (TPSA) is 76.2 Å². The maximum Gasteiger partial charge on any atom is 0.181 e. The molecule has 2 N–H and O–H groups in total. The average molecular weight is 509 g/mol. The summed E-state index contributed by atoms with van der Waals surface area (Å²) in [5.41, 5.74) is 4.56. The van der Waals surface area contributed by atoms with Gasteiger partial charge in [0.1, 0.15) is 0 Å². The van der Waals surface area contributed by atoms with E-state index in [1.54, 1.807) is 12.4 Å². The van der Waals surface area contributed by atoms with Crippen molar-refractivity contribution < 1.29 is 0 Å². The van der Waals surface area contributed by atoms with Gasteiger partial charge in [-0.25, -0.2) is 4.98 Å². The van der Waals surface area contributed by atoms with E-state index in [-0.39, 0.29) is 5.54 Å². The molecule has 0 aliphatic carbocycles. The van der Waals surface area contributed by atoms with Crippen molar-refractivity contribution in [2.75, 3.05) is 56.5 Å². The van der Waals surface area contributed by atoms with E-state index in [4.69, 9.17) is 4.98 Å². The van der Waals surface area contributed by atoms with E-state index in [1.165, 1.54) is 11.3 Å². The van der Waals surface area contributed by atoms with Crippen molar-refractivity contribution >= 4 is 11.4 Å². The molecule has 2 saturated heterocycles. The van der Waals surface area contributed by atoms with Gasteiger partial charge in [-0.2, -0.15) is 5.10 Å². The van der Waals surface area contributed by atoms with E-state index in [0.29, 0.717) is 5.82 Å². The number of para-hydroxylation sites is 2. The molecule has 8 heteroatoms. The Balaban J connectivity index is 1.21. The Labute approximate surface area is 224 Å². The first-order valence-corrected chi connectivity index (χ1v) is 13.6. The van der Waals surface area contributed by atoms with Gasteiger partial charge < -0.3 is 15.1 Å². The highest BCUT2D eigenvalue weighted by Crippen LogP contribution is 2.36. The highest BCUT2D eigenvalue weighted by atomic mass is 15.3. The summed E-state index contributed by atoms with van der Waals surface area (Å²) in [6.07, 6.45) is 5.43. The number of hydrogen-bond donors (Lipinski definition) is 2. The van der Waals surface area contributed by atoms with Crippen LogP contribution in [0.5, 0.6) is 0 Å². The van der Waals surface area contributed by atoms with Gasteiger partial charge >= 0.3 is 0 Å². The minimum Gasteiger partial charge on any atom is -0.373 e. The van der Waals surface area contributed by atoms with Crippen LogP contribution in [0, 0.1) is 0 Å². The van der Waals surface area contributed by atoms with Crippen LogP contribution in [0.1, 0.15) is 24.2 Å². The van der Waals surface area contributed by atoms with Gasteiger partial charge in [0.05, 0.1) is 5.54 Å². The van der Waals surface area contributed by atoms with Crippen LogP contribution >= 0.6 is 0 Å². The molecular weight excluding hydrogens is 472 g/mol. The van der Waals surface area contributed by atoms with E-state index in [0.717, 1.165) is 75.7 Å². The summed E-state index contributed by atoms with van der Waals surface area (Å²) in [5, 5.41) is 11.7. The van der Waals surface area contributed by atoms with Crippen LogP contribution < -0.4 is 10.2 Å². The monoisotopic (exact) mass is 508 g/mol. The summed E-state index contributed by atoms with van der Waals surface area (Å²) < 4.78 is 0. The number of aromatic amines is 1. The van der Waals surface area contributed by atoms with E-state index < -0.39 is 0 Å². The van der Waals surface area contributed by atoms with Crippen LogP contribution in [0.2, 0.25) is 0 Å². The maximum atomic E-state index is 4.98. The molecule has 4 aromatic rings. The normalized spacial score (nSPS) is 18.4. The molecule has 2 aromatic carbocycles. The van der Waals surface area contributed by atoms with E-state index in [1.807, 2.05) is 18.2 Å². The predicted octanol–water partition coefficient (Wildman–Crippen LogP) is 4.22. The van der Waals surface area contributed by atoms with Crippen molar-refractivity contribution in [2.45, 2.75) is 24.9 Å². The summed E-state index contributed by atoms with van der Waals surface area (Å²) in [6.45, 7) is 7.31. The number of nitrogens with one attached hydrogen (secondary N) is 2. The molecule has 2 aliphatic rings. The molecule has 0 spiro atoms. The van der Waals surface area contributed by atoms with Gasteiger partial charge in [-0.15, -0.1) is 0 Å². The molecule has 0 saturated carbocycles. The lowest BCUT2D eigenvalue weighted by atomic mass is 9.86. The molecule has 0 unspecified atom stereocenters. The lowest BCUT2D eigenvalue weighted by molar-refractivity contribution is 0.162. The predicted molar refractivity (Wildman–Crippen MR) is 152 cm³/mol. The van der Waals surface area contributed by atoms with Gasteiger partial charge in [-0.1, -0.05) is 36.4 Å². The molecule has 2 aliphatic heterocycles. The summed E-state index contributed by atoms with van der Waals surface area (Å²) >= 11 is 0. The molecule has 0 bridgehead atoms. The van der Waals surface area contributed by atoms with Crippen LogP contribution in [-0.4, -0.2) is 76.3 Å². The Morgan fingerprint density at radius 3 is 2.32 bits per heavy atom. The van der Waals surface area contributed by atoms with Gasteiger partial charge in [0, 0.05) is 75.1 Å². The van der Waals surface area contributed by atoms with E-state index >= 15 is 0 Å². The van der Waals surface area contributed by atoms with Gasteiger partial charge in [-0.05, 0) is 55.8 Å².